The van der Waals surface area contributed by atoms with Gasteiger partial charge in [-0.2, -0.15) is 0 Å². The van der Waals surface area contributed by atoms with Crippen molar-refractivity contribution in [3.63, 3.8) is 0 Å². The molecule has 2 aliphatic heterocycles. The Bertz CT molecular complexity index is 2230. The Balaban J connectivity index is 1.09. The van der Waals surface area contributed by atoms with E-state index in [-0.39, 0.29) is 29.5 Å². The monoisotopic (exact) mass is 681 g/mol. The van der Waals surface area contributed by atoms with Gasteiger partial charge < -0.3 is 14.0 Å². The number of allylic oxidation sites excluding steroid dienone is 12. The fraction of sp³-hybridized carbons (Fsp3) is 0.347. The Labute approximate surface area is 308 Å². The van der Waals surface area contributed by atoms with Gasteiger partial charge in [-0.05, 0) is 106 Å². The van der Waals surface area contributed by atoms with Crippen LogP contribution in [0.4, 0.5) is 0 Å². The van der Waals surface area contributed by atoms with Gasteiger partial charge in [-0.15, -0.1) is 0 Å². The number of aromatic nitrogens is 1. The van der Waals surface area contributed by atoms with Gasteiger partial charge in [0.1, 0.15) is 11.5 Å². The van der Waals surface area contributed by atoms with E-state index in [0.29, 0.717) is 5.92 Å². The molecule has 52 heavy (non-hydrogen) atoms. The highest BCUT2D eigenvalue weighted by atomic mass is 16.5. The Morgan fingerprint density at radius 1 is 0.673 bits per heavy atom. The van der Waals surface area contributed by atoms with Crippen molar-refractivity contribution in [1.29, 1.82) is 0 Å². The van der Waals surface area contributed by atoms with E-state index >= 15 is 0 Å². The predicted molar refractivity (Wildman–Crippen MR) is 212 cm³/mol. The number of nitrogens with zero attached hydrogens (tertiary/aromatic N) is 1. The second-order valence-electron chi connectivity index (χ2n) is 16.1. The fourth-order valence-electron chi connectivity index (χ4n) is 11.1. The second kappa shape index (κ2) is 12.2. The lowest BCUT2D eigenvalue weighted by Crippen LogP contribution is -2.55. The van der Waals surface area contributed by atoms with Gasteiger partial charge in [-0.1, -0.05) is 103 Å². The van der Waals surface area contributed by atoms with E-state index < -0.39 is 0 Å². The van der Waals surface area contributed by atoms with Crippen molar-refractivity contribution in [2.45, 2.75) is 100 Å². The zero-order valence-corrected chi connectivity index (χ0v) is 30.0. The van der Waals surface area contributed by atoms with Crippen molar-refractivity contribution in [3.05, 3.63) is 160 Å². The average Bonchev–Trinajstić information content (AvgIpc) is 3.55. The summed E-state index contributed by atoms with van der Waals surface area (Å²) in [5.41, 5.74) is 13.7. The third-order valence-corrected chi connectivity index (χ3v) is 13.4. The highest BCUT2D eigenvalue weighted by molar-refractivity contribution is 5.78. The lowest BCUT2D eigenvalue weighted by atomic mass is 9.53. The largest absolute Gasteiger partial charge is 0.457 e. The zero-order valence-electron chi connectivity index (χ0n) is 30.0. The van der Waals surface area contributed by atoms with Crippen molar-refractivity contribution in [3.8, 4) is 11.5 Å². The third-order valence-electron chi connectivity index (χ3n) is 13.4. The van der Waals surface area contributed by atoms with Crippen molar-refractivity contribution in [1.82, 2.24) is 4.57 Å². The van der Waals surface area contributed by atoms with Crippen molar-refractivity contribution in [2.75, 3.05) is 0 Å². The molecule has 1 aromatic heterocycles. The molecule has 6 aliphatic carbocycles. The number of hydrogen-bond acceptors (Lipinski definition) is 2. The van der Waals surface area contributed by atoms with E-state index in [4.69, 9.17) is 9.47 Å². The summed E-state index contributed by atoms with van der Waals surface area (Å²) >= 11 is 0. The van der Waals surface area contributed by atoms with Crippen LogP contribution in [0.3, 0.4) is 0 Å². The molecule has 0 saturated carbocycles. The van der Waals surface area contributed by atoms with E-state index in [9.17, 15) is 0 Å². The minimum absolute atomic E-state index is 0.140. The highest BCUT2D eigenvalue weighted by Gasteiger charge is 2.58. The molecule has 2 aromatic carbocycles. The number of benzene rings is 2. The molecule has 1 saturated heterocycles. The first-order valence-electron chi connectivity index (χ1n) is 20.1. The van der Waals surface area contributed by atoms with Crippen LogP contribution in [-0.2, 0) is 23.0 Å². The molecular formula is C49H47NO2. The SMILES string of the molecule is C1=CCC(c2ccc3c(c2)C2(C4=CCCCC4OC4CCC=CC42)c2cc(C4C=Cc5c6c(n(C7=CCCC=C7)c5C4)CCC=C6)ccc2O3)C=C1. The van der Waals surface area contributed by atoms with E-state index in [1.165, 1.54) is 62.5 Å². The maximum atomic E-state index is 7.08. The second-order valence-corrected chi connectivity index (χ2v) is 16.1. The standard InChI is InChI=1S/C49H47NO2/c1-3-13-32(14-4-1)33-24-27-47-41(29-33)49(39-18-8-11-21-45(39)51-46-22-12-9-19-40(46)49)42-30-34(25-28-48(42)52-47)35-23-26-38-37-17-7-10-20-43(37)50(44(38)31-35)36-15-5-2-6-16-36/h1,3-5,7-8,13,15-19,23-30,32,35,39,45-46H,2,6,9-12,14,20-22,31H2. The Hall–Kier alpha value is -4.60. The summed E-state index contributed by atoms with van der Waals surface area (Å²) in [7, 11) is 0. The van der Waals surface area contributed by atoms with Gasteiger partial charge >= 0.3 is 0 Å². The lowest BCUT2D eigenvalue weighted by Gasteiger charge is -2.56. The first-order valence-corrected chi connectivity index (χ1v) is 20.1. The molecule has 3 nitrogen and oxygen atoms in total. The molecule has 0 amide bonds. The Morgan fingerprint density at radius 3 is 2.35 bits per heavy atom. The molecule has 1 fully saturated rings. The van der Waals surface area contributed by atoms with Gasteiger partial charge in [-0.3, -0.25) is 0 Å². The van der Waals surface area contributed by atoms with Crippen LogP contribution in [-0.4, -0.2) is 16.8 Å². The molecule has 3 aromatic rings. The summed E-state index contributed by atoms with van der Waals surface area (Å²) in [6, 6.07) is 14.3. The van der Waals surface area contributed by atoms with Gasteiger partial charge in [-0.25, -0.2) is 0 Å². The summed E-state index contributed by atoms with van der Waals surface area (Å²) in [6.45, 7) is 0. The zero-order chi connectivity index (χ0) is 34.2. The van der Waals surface area contributed by atoms with Crippen molar-refractivity contribution >= 4 is 17.8 Å². The first kappa shape index (κ1) is 31.0. The van der Waals surface area contributed by atoms with E-state index in [0.717, 1.165) is 75.7 Å². The normalized spacial score (nSPS) is 30.3. The van der Waals surface area contributed by atoms with Gasteiger partial charge in [0.15, 0.2) is 0 Å². The molecule has 6 unspecified atom stereocenters. The number of fused-ring (bicyclic) bond motifs is 11. The number of rotatable bonds is 3. The summed E-state index contributed by atoms with van der Waals surface area (Å²) in [4.78, 5) is 0. The summed E-state index contributed by atoms with van der Waals surface area (Å²) in [5.74, 6) is 2.89. The van der Waals surface area contributed by atoms with Gasteiger partial charge in [0.2, 0.25) is 0 Å². The van der Waals surface area contributed by atoms with E-state index in [2.05, 4.69) is 126 Å². The van der Waals surface area contributed by atoms with Crippen LogP contribution in [0.15, 0.2) is 115 Å². The maximum absolute atomic E-state index is 7.08. The molecular weight excluding hydrogens is 635 g/mol. The minimum atomic E-state index is -0.334. The van der Waals surface area contributed by atoms with Crippen LogP contribution in [0.25, 0.3) is 17.8 Å². The number of ether oxygens (including phenoxy) is 2. The molecule has 3 heteroatoms. The van der Waals surface area contributed by atoms with Gasteiger partial charge in [0.25, 0.3) is 0 Å². The third kappa shape index (κ3) is 4.61. The molecule has 11 rings (SSSR count). The molecule has 8 aliphatic rings. The summed E-state index contributed by atoms with van der Waals surface area (Å²) < 4.78 is 16.7. The first-order chi connectivity index (χ1) is 25.8. The smallest absolute Gasteiger partial charge is 0.131 e. The lowest BCUT2D eigenvalue weighted by molar-refractivity contribution is -0.0753. The fourth-order valence-corrected chi connectivity index (χ4v) is 11.1. The van der Waals surface area contributed by atoms with Crippen LogP contribution in [0.1, 0.15) is 114 Å². The van der Waals surface area contributed by atoms with Gasteiger partial charge in [0.05, 0.1) is 17.6 Å². The molecule has 260 valence electrons. The van der Waals surface area contributed by atoms with Crippen LogP contribution in [0.5, 0.6) is 11.5 Å². The molecule has 0 radical (unpaired) electrons. The van der Waals surface area contributed by atoms with Gasteiger partial charge in [0, 0.05) is 57.1 Å². The number of hydrogen-bond donors (Lipinski definition) is 0. The quantitative estimate of drug-likeness (QED) is 0.257. The molecule has 0 N–H and O–H groups in total. The highest BCUT2D eigenvalue weighted by Crippen LogP contribution is 2.63. The Kier molecular flexibility index (Phi) is 7.29. The molecule has 1 spiro atoms. The topological polar surface area (TPSA) is 23.4 Å². The molecule has 6 atom stereocenters. The minimum Gasteiger partial charge on any atom is -0.457 e. The van der Waals surface area contributed by atoms with Crippen molar-refractivity contribution < 1.29 is 9.47 Å². The van der Waals surface area contributed by atoms with Crippen LogP contribution >= 0.6 is 0 Å². The van der Waals surface area contributed by atoms with Crippen LogP contribution in [0.2, 0.25) is 0 Å². The summed E-state index contributed by atoms with van der Waals surface area (Å²) in [5, 5.41) is 0. The maximum Gasteiger partial charge on any atom is 0.131 e. The van der Waals surface area contributed by atoms with Crippen LogP contribution in [0, 0.1) is 5.92 Å². The average molecular weight is 682 g/mol. The van der Waals surface area contributed by atoms with E-state index in [1.54, 1.807) is 0 Å². The molecule has 0 bridgehead atoms. The predicted octanol–water partition coefficient (Wildman–Crippen LogP) is 11.8. The summed E-state index contributed by atoms with van der Waals surface area (Å²) in [6.07, 6.45) is 45.8. The van der Waals surface area contributed by atoms with Crippen LogP contribution < -0.4 is 4.74 Å². The molecule has 3 heterocycles. The van der Waals surface area contributed by atoms with E-state index in [1.807, 2.05) is 0 Å². The Morgan fingerprint density at radius 2 is 1.52 bits per heavy atom. The van der Waals surface area contributed by atoms with Crippen molar-refractivity contribution in [2.24, 2.45) is 5.92 Å².